The highest BCUT2D eigenvalue weighted by Crippen LogP contribution is 2.52. The zero-order chi connectivity index (χ0) is 16.0. The second kappa shape index (κ2) is 5.16. The molecule has 3 rings (SSSR count). The van der Waals surface area contributed by atoms with Gasteiger partial charge in [0.25, 0.3) is 0 Å². The molecule has 122 valence electrons. The van der Waals surface area contributed by atoms with Gasteiger partial charge in [0.15, 0.2) is 0 Å². The van der Waals surface area contributed by atoms with Gasteiger partial charge in [-0.15, -0.1) is 0 Å². The normalized spacial score (nSPS) is 27.0. The Kier molecular flexibility index (Phi) is 3.67. The van der Waals surface area contributed by atoms with Crippen molar-refractivity contribution in [1.82, 2.24) is 10.2 Å². The molecule has 1 amide bonds. The number of nitrogens with one attached hydrogen (secondary N) is 1. The average Bonchev–Trinajstić information content (AvgIpc) is 3.35. The van der Waals surface area contributed by atoms with Gasteiger partial charge in [0.1, 0.15) is 5.54 Å². The number of nitriles is 1. The van der Waals surface area contributed by atoms with E-state index in [1.807, 2.05) is 4.90 Å². The molecule has 0 aromatic heterocycles. The van der Waals surface area contributed by atoms with Gasteiger partial charge in [0.05, 0.1) is 12.1 Å². The summed E-state index contributed by atoms with van der Waals surface area (Å²) in [4.78, 5) is 14.5. The Morgan fingerprint density at radius 1 is 1.36 bits per heavy atom. The lowest BCUT2D eigenvalue weighted by atomic mass is 9.92. The molecule has 3 aliphatic rings. The highest BCUT2D eigenvalue weighted by molar-refractivity contribution is 5.83. The molecule has 1 N–H and O–H groups in total. The highest BCUT2D eigenvalue weighted by Gasteiger charge is 2.50. The highest BCUT2D eigenvalue weighted by atomic mass is 19.3. The zero-order valence-electron chi connectivity index (χ0n) is 13.0. The fourth-order valence-electron chi connectivity index (χ4n) is 3.53. The average molecular weight is 311 g/mol. The molecule has 1 spiro atoms. The number of amides is 1. The first-order chi connectivity index (χ1) is 10.3. The number of rotatable bonds is 5. The second-order valence-corrected chi connectivity index (χ2v) is 7.55. The van der Waals surface area contributed by atoms with E-state index >= 15 is 0 Å². The Morgan fingerprint density at radius 3 is 2.55 bits per heavy atom. The number of hydrogen-bond acceptors (Lipinski definition) is 3. The van der Waals surface area contributed by atoms with Crippen LogP contribution in [0.5, 0.6) is 0 Å². The largest absolute Gasteiger partial charge is 0.336 e. The van der Waals surface area contributed by atoms with Crippen LogP contribution in [-0.4, -0.2) is 41.4 Å². The lowest BCUT2D eigenvalue weighted by Crippen LogP contribution is -2.54. The number of halogens is 2. The Labute approximate surface area is 129 Å². The molecule has 0 aromatic rings. The third-order valence-electron chi connectivity index (χ3n) is 5.27. The van der Waals surface area contributed by atoms with Crippen molar-refractivity contribution in [2.45, 2.75) is 69.4 Å². The van der Waals surface area contributed by atoms with Gasteiger partial charge < -0.3 is 5.32 Å². The fourth-order valence-corrected chi connectivity index (χ4v) is 3.53. The minimum absolute atomic E-state index is 0.270. The Balaban J connectivity index is 1.71. The third kappa shape index (κ3) is 3.40. The van der Waals surface area contributed by atoms with Crippen molar-refractivity contribution in [3.8, 4) is 6.07 Å². The second-order valence-electron chi connectivity index (χ2n) is 7.55. The Bertz CT molecular complexity index is 501. The van der Waals surface area contributed by atoms with Crippen LogP contribution in [0.15, 0.2) is 0 Å². The lowest BCUT2D eigenvalue weighted by Gasteiger charge is -2.39. The topological polar surface area (TPSA) is 56.1 Å². The quantitative estimate of drug-likeness (QED) is 0.848. The predicted octanol–water partition coefficient (Wildman–Crippen LogP) is 2.45. The summed E-state index contributed by atoms with van der Waals surface area (Å²) in [6, 6.07) is 1.26. The van der Waals surface area contributed by atoms with Crippen LogP contribution in [0.4, 0.5) is 8.78 Å². The molecular weight excluding hydrogens is 288 g/mol. The van der Waals surface area contributed by atoms with E-state index in [1.165, 1.54) is 0 Å². The van der Waals surface area contributed by atoms with Crippen molar-refractivity contribution in [2.24, 2.45) is 5.41 Å². The SMILES string of the molecule is CC(F)(F)C[C@@H](C(=O)NC1(C#N)CC1)N1CCCC2(CC2)C1. The molecule has 0 radical (unpaired) electrons. The third-order valence-corrected chi connectivity index (χ3v) is 5.27. The number of carbonyl (C=O) groups is 1. The van der Waals surface area contributed by atoms with Gasteiger partial charge in [-0.2, -0.15) is 5.26 Å². The summed E-state index contributed by atoms with van der Waals surface area (Å²) in [5.41, 5.74) is -0.530. The van der Waals surface area contributed by atoms with Gasteiger partial charge >= 0.3 is 0 Å². The molecule has 1 saturated heterocycles. The number of likely N-dealkylation sites (tertiary alicyclic amines) is 1. The Hall–Kier alpha value is -1.22. The van der Waals surface area contributed by atoms with E-state index in [9.17, 15) is 13.6 Å². The van der Waals surface area contributed by atoms with Crippen LogP contribution >= 0.6 is 0 Å². The predicted molar refractivity (Wildman–Crippen MR) is 77.2 cm³/mol. The molecule has 6 heteroatoms. The molecule has 1 aliphatic heterocycles. The molecule has 4 nitrogen and oxygen atoms in total. The Morgan fingerprint density at radius 2 is 2.05 bits per heavy atom. The maximum atomic E-state index is 13.6. The molecule has 1 heterocycles. The summed E-state index contributed by atoms with van der Waals surface area (Å²) in [6.45, 7) is 2.29. The van der Waals surface area contributed by atoms with Gasteiger partial charge in [-0.1, -0.05) is 0 Å². The van der Waals surface area contributed by atoms with E-state index in [2.05, 4.69) is 11.4 Å². The van der Waals surface area contributed by atoms with E-state index in [1.54, 1.807) is 0 Å². The molecule has 2 saturated carbocycles. The summed E-state index contributed by atoms with van der Waals surface area (Å²) in [5, 5.41) is 11.8. The van der Waals surface area contributed by atoms with Gasteiger partial charge in [0.2, 0.25) is 11.8 Å². The van der Waals surface area contributed by atoms with Gasteiger partial charge in [-0.05, 0) is 57.4 Å². The molecule has 0 unspecified atom stereocenters. The van der Waals surface area contributed by atoms with Crippen molar-refractivity contribution >= 4 is 5.91 Å². The van der Waals surface area contributed by atoms with E-state index in [4.69, 9.17) is 5.26 Å². The summed E-state index contributed by atoms with van der Waals surface area (Å²) in [7, 11) is 0. The van der Waals surface area contributed by atoms with Gasteiger partial charge in [-0.25, -0.2) is 8.78 Å². The lowest BCUT2D eigenvalue weighted by molar-refractivity contribution is -0.132. The molecule has 3 fully saturated rings. The van der Waals surface area contributed by atoms with Crippen LogP contribution in [0.3, 0.4) is 0 Å². The van der Waals surface area contributed by atoms with E-state index < -0.39 is 29.8 Å². The summed E-state index contributed by atoms with van der Waals surface area (Å²) >= 11 is 0. The first-order valence-corrected chi connectivity index (χ1v) is 8.12. The number of nitrogens with zero attached hydrogens (tertiary/aromatic N) is 2. The van der Waals surface area contributed by atoms with E-state index in [-0.39, 0.29) is 5.41 Å². The molecular formula is C16H23F2N3O. The van der Waals surface area contributed by atoms with Gasteiger partial charge in [0, 0.05) is 13.0 Å². The number of alkyl halides is 2. The molecule has 1 atom stereocenters. The maximum absolute atomic E-state index is 13.6. The smallest absolute Gasteiger partial charge is 0.247 e. The summed E-state index contributed by atoms with van der Waals surface area (Å²) in [5.74, 6) is -3.29. The molecule has 0 aromatic carbocycles. The number of carbonyl (C=O) groups excluding carboxylic acids is 1. The van der Waals surface area contributed by atoms with Crippen molar-refractivity contribution in [2.75, 3.05) is 13.1 Å². The monoisotopic (exact) mass is 311 g/mol. The molecule has 0 bridgehead atoms. The molecule has 22 heavy (non-hydrogen) atoms. The van der Waals surface area contributed by atoms with Crippen LogP contribution in [-0.2, 0) is 4.79 Å². The van der Waals surface area contributed by atoms with Crippen molar-refractivity contribution in [1.29, 1.82) is 5.26 Å². The minimum atomic E-state index is -2.89. The van der Waals surface area contributed by atoms with Gasteiger partial charge in [-0.3, -0.25) is 9.69 Å². The fraction of sp³-hybridized carbons (Fsp3) is 0.875. The maximum Gasteiger partial charge on any atom is 0.247 e. The van der Waals surface area contributed by atoms with Crippen LogP contribution in [0.1, 0.15) is 51.9 Å². The first-order valence-electron chi connectivity index (χ1n) is 8.12. The van der Waals surface area contributed by atoms with Crippen LogP contribution in [0.25, 0.3) is 0 Å². The van der Waals surface area contributed by atoms with Crippen LogP contribution in [0.2, 0.25) is 0 Å². The van der Waals surface area contributed by atoms with Crippen LogP contribution < -0.4 is 5.32 Å². The number of piperidine rings is 1. The van der Waals surface area contributed by atoms with E-state index in [0.717, 1.165) is 39.2 Å². The van der Waals surface area contributed by atoms with Crippen molar-refractivity contribution in [3.63, 3.8) is 0 Å². The standard InChI is InChI=1S/C16H23F2N3O/c1-14(17,18)9-12(13(22)20-16(10-19)6-7-16)21-8-2-3-15(11-21)4-5-15/h12H,2-9,11H2,1H3,(H,20,22)/t12-/m0/s1. The first kappa shape index (κ1) is 15.7. The minimum Gasteiger partial charge on any atom is -0.336 e. The van der Waals surface area contributed by atoms with E-state index in [0.29, 0.717) is 19.4 Å². The summed E-state index contributed by atoms with van der Waals surface area (Å²) in [6.07, 6.45) is 5.15. The van der Waals surface area contributed by atoms with Crippen LogP contribution in [0, 0.1) is 16.7 Å². The molecule has 2 aliphatic carbocycles. The number of hydrogen-bond donors (Lipinski definition) is 1. The zero-order valence-corrected chi connectivity index (χ0v) is 13.0. The van der Waals surface area contributed by atoms with Crippen molar-refractivity contribution < 1.29 is 13.6 Å². The summed E-state index contributed by atoms with van der Waals surface area (Å²) < 4.78 is 27.1. The van der Waals surface area contributed by atoms with Crippen molar-refractivity contribution in [3.05, 3.63) is 0 Å².